The van der Waals surface area contributed by atoms with Gasteiger partial charge in [-0.1, -0.05) is 65.7 Å². The van der Waals surface area contributed by atoms with Gasteiger partial charge < -0.3 is 14.2 Å². The number of hydrogen-bond donors (Lipinski definition) is 0. The summed E-state index contributed by atoms with van der Waals surface area (Å²) >= 11 is 0. The summed E-state index contributed by atoms with van der Waals surface area (Å²) < 4.78 is 18.5. The van der Waals surface area contributed by atoms with Crippen LogP contribution in [-0.4, -0.2) is 19.8 Å². The van der Waals surface area contributed by atoms with E-state index in [1.165, 1.54) is 88.2 Å². The normalized spacial score (nSPS) is 26.2. The van der Waals surface area contributed by atoms with E-state index in [-0.39, 0.29) is 6.29 Å². The molecule has 1 heterocycles. The van der Waals surface area contributed by atoms with Crippen LogP contribution in [0.3, 0.4) is 0 Å². The van der Waals surface area contributed by atoms with Gasteiger partial charge in [0, 0.05) is 11.5 Å². The van der Waals surface area contributed by atoms with Gasteiger partial charge in [0.25, 0.3) is 0 Å². The van der Waals surface area contributed by atoms with Crippen molar-refractivity contribution in [3.8, 4) is 5.75 Å². The Labute approximate surface area is 197 Å². The first-order valence-corrected chi connectivity index (χ1v) is 13.7. The first kappa shape index (κ1) is 25.6. The van der Waals surface area contributed by atoms with Crippen LogP contribution in [0.2, 0.25) is 0 Å². The van der Waals surface area contributed by atoms with Gasteiger partial charge in [-0.15, -0.1) is 0 Å². The number of rotatable bonds is 13. The summed E-state index contributed by atoms with van der Waals surface area (Å²) in [7, 11) is 0. The minimum Gasteiger partial charge on any atom is -0.494 e. The molecule has 3 rings (SSSR count). The molecule has 0 bridgehead atoms. The van der Waals surface area contributed by atoms with E-state index in [2.05, 4.69) is 39.0 Å². The lowest BCUT2D eigenvalue weighted by Crippen LogP contribution is -2.28. The maximum Gasteiger partial charge on any atom is 0.184 e. The number of unbranched alkanes of at least 4 members (excludes halogenated alkanes) is 4. The van der Waals surface area contributed by atoms with Crippen molar-refractivity contribution in [1.29, 1.82) is 0 Å². The molecule has 3 nitrogen and oxygen atoms in total. The summed E-state index contributed by atoms with van der Waals surface area (Å²) in [6.07, 6.45) is 16.9. The van der Waals surface area contributed by atoms with Crippen molar-refractivity contribution in [2.45, 2.75) is 116 Å². The van der Waals surface area contributed by atoms with Gasteiger partial charge in [-0.2, -0.15) is 0 Å². The summed E-state index contributed by atoms with van der Waals surface area (Å²) in [5.41, 5.74) is 2.66. The lowest BCUT2D eigenvalue weighted by Gasteiger charge is -2.34. The van der Waals surface area contributed by atoms with E-state index in [1.54, 1.807) is 0 Å². The molecule has 0 aromatic heterocycles. The fourth-order valence-corrected chi connectivity index (χ4v) is 5.53. The zero-order valence-electron chi connectivity index (χ0n) is 21.1. The Morgan fingerprint density at radius 3 is 2.19 bits per heavy atom. The van der Waals surface area contributed by atoms with E-state index in [1.807, 2.05) is 0 Å². The van der Waals surface area contributed by atoms with E-state index in [0.717, 1.165) is 37.9 Å². The lowest BCUT2D eigenvalue weighted by molar-refractivity contribution is -0.206. The molecule has 32 heavy (non-hydrogen) atoms. The molecule has 3 heteroatoms. The number of benzene rings is 1. The van der Waals surface area contributed by atoms with Crippen LogP contribution >= 0.6 is 0 Å². The van der Waals surface area contributed by atoms with E-state index in [9.17, 15) is 0 Å². The molecule has 1 aliphatic heterocycles. The molecule has 1 saturated carbocycles. The SMILES string of the molecule is CCCCCCCC1CCC(c2cc(OCCC)ccc2C2OCC(CCC)CO2)CC1. The third kappa shape index (κ3) is 7.76. The second kappa shape index (κ2) is 14.3. The highest BCUT2D eigenvalue weighted by Crippen LogP contribution is 2.42. The molecule has 1 aliphatic carbocycles. The van der Waals surface area contributed by atoms with Crippen LogP contribution in [0, 0.1) is 11.8 Å². The maximum absolute atomic E-state index is 6.23. The van der Waals surface area contributed by atoms with E-state index >= 15 is 0 Å². The molecular weight excluding hydrogens is 396 g/mol. The third-order valence-corrected chi connectivity index (χ3v) is 7.45. The van der Waals surface area contributed by atoms with Crippen molar-refractivity contribution in [2.75, 3.05) is 19.8 Å². The molecule has 0 atom stereocenters. The lowest BCUT2D eigenvalue weighted by atomic mass is 9.76. The van der Waals surface area contributed by atoms with Gasteiger partial charge in [0.2, 0.25) is 0 Å². The third-order valence-electron chi connectivity index (χ3n) is 7.45. The average molecular weight is 445 g/mol. The highest BCUT2D eigenvalue weighted by molar-refractivity contribution is 5.39. The fourth-order valence-electron chi connectivity index (χ4n) is 5.53. The van der Waals surface area contributed by atoms with Gasteiger partial charge in [-0.05, 0) is 74.1 Å². The smallest absolute Gasteiger partial charge is 0.184 e. The van der Waals surface area contributed by atoms with Gasteiger partial charge in [-0.25, -0.2) is 0 Å². The monoisotopic (exact) mass is 444 g/mol. The minimum atomic E-state index is -0.213. The van der Waals surface area contributed by atoms with Crippen molar-refractivity contribution in [1.82, 2.24) is 0 Å². The number of ether oxygens (including phenoxy) is 3. The van der Waals surface area contributed by atoms with Crippen molar-refractivity contribution < 1.29 is 14.2 Å². The molecule has 0 N–H and O–H groups in total. The minimum absolute atomic E-state index is 0.213. The standard InChI is InChI=1S/C29H48O3/c1-4-7-8-9-10-12-23-13-15-25(16-14-23)28-20-26(30-19-6-3)17-18-27(28)29-31-21-24(11-5-2)22-32-29/h17-18,20,23-25,29H,4-16,19,21-22H2,1-3H3. The highest BCUT2D eigenvalue weighted by atomic mass is 16.7. The van der Waals surface area contributed by atoms with Crippen LogP contribution in [0.25, 0.3) is 0 Å². The zero-order chi connectivity index (χ0) is 22.6. The average Bonchev–Trinajstić information content (AvgIpc) is 2.84. The summed E-state index contributed by atoms with van der Waals surface area (Å²) in [6.45, 7) is 9.10. The van der Waals surface area contributed by atoms with Gasteiger partial charge in [0.15, 0.2) is 6.29 Å². The molecule has 0 radical (unpaired) electrons. The first-order valence-electron chi connectivity index (χ1n) is 13.7. The fraction of sp³-hybridized carbons (Fsp3) is 0.793. The quantitative estimate of drug-likeness (QED) is 0.285. The molecule has 0 unspecified atom stereocenters. The van der Waals surface area contributed by atoms with Crippen molar-refractivity contribution in [3.63, 3.8) is 0 Å². The molecule has 2 fully saturated rings. The molecule has 1 aromatic rings. The van der Waals surface area contributed by atoms with Gasteiger partial charge >= 0.3 is 0 Å². The molecule has 182 valence electrons. The van der Waals surface area contributed by atoms with Crippen LogP contribution in [-0.2, 0) is 9.47 Å². The Hall–Kier alpha value is -1.06. The summed E-state index contributed by atoms with van der Waals surface area (Å²) in [6, 6.07) is 6.62. The summed E-state index contributed by atoms with van der Waals surface area (Å²) in [4.78, 5) is 0. The van der Waals surface area contributed by atoms with Crippen LogP contribution in [0.5, 0.6) is 5.75 Å². The molecule has 2 aliphatic rings. The largest absolute Gasteiger partial charge is 0.494 e. The summed E-state index contributed by atoms with van der Waals surface area (Å²) in [5, 5.41) is 0. The van der Waals surface area contributed by atoms with E-state index in [4.69, 9.17) is 14.2 Å². The highest BCUT2D eigenvalue weighted by Gasteiger charge is 2.30. The molecule has 1 aromatic carbocycles. The Balaban J connectivity index is 1.61. The molecule has 0 spiro atoms. The van der Waals surface area contributed by atoms with Crippen LogP contribution in [0.4, 0.5) is 0 Å². The molecule has 1 saturated heterocycles. The van der Waals surface area contributed by atoms with Crippen LogP contribution in [0.15, 0.2) is 18.2 Å². The van der Waals surface area contributed by atoms with Crippen LogP contribution < -0.4 is 4.74 Å². The van der Waals surface area contributed by atoms with Gasteiger partial charge in [-0.3, -0.25) is 0 Å². The Morgan fingerprint density at radius 1 is 0.750 bits per heavy atom. The van der Waals surface area contributed by atoms with E-state index < -0.39 is 0 Å². The molecular formula is C29H48O3. The Kier molecular flexibility index (Phi) is 11.4. The van der Waals surface area contributed by atoms with Crippen molar-refractivity contribution >= 4 is 0 Å². The second-order valence-electron chi connectivity index (χ2n) is 10.2. The van der Waals surface area contributed by atoms with Gasteiger partial charge in [0.05, 0.1) is 19.8 Å². The van der Waals surface area contributed by atoms with Crippen molar-refractivity contribution in [3.05, 3.63) is 29.3 Å². The first-order chi connectivity index (χ1) is 15.7. The van der Waals surface area contributed by atoms with Gasteiger partial charge in [0.1, 0.15) is 5.75 Å². The predicted molar refractivity (Wildman–Crippen MR) is 133 cm³/mol. The van der Waals surface area contributed by atoms with E-state index in [0.29, 0.717) is 11.8 Å². The number of hydrogen-bond acceptors (Lipinski definition) is 3. The Bertz CT molecular complexity index is 627. The predicted octanol–water partition coefficient (Wildman–Crippen LogP) is 8.57. The maximum atomic E-state index is 6.23. The second-order valence-corrected chi connectivity index (χ2v) is 10.2. The molecule has 0 amide bonds. The van der Waals surface area contributed by atoms with Crippen LogP contribution in [0.1, 0.15) is 128 Å². The summed E-state index contributed by atoms with van der Waals surface area (Å²) in [5.74, 6) is 3.07. The zero-order valence-corrected chi connectivity index (χ0v) is 21.1. The Morgan fingerprint density at radius 2 is 1.50 bits per heavy atom. The van der Waals surface area contributed by atoms with Crippen molar-refractivity contribution in [2.24, 2.45) is 11.8 Å². The topological polar surface area (TPSA) is 27.7 Å².